The van der Waals surface area contributed by atoms with Gasteiger partial charge < -0.3 is 14.4 Å². The highest BCUT2D eigenvalue weighted by atomic mass is 35.5. The van der Waals surface area contributed by atoms with Gasteiger partial charge in [-0.2, -0.15) is 0 Å². The molecule has 0 saturated carbocycles. The van der Waals surface area contributed by atoms with E-state index in [0.29, 0.717) is 23.7 Å². The minimum absolute atomic E-state index is 0.0242. The highest BCUT2D eigenvalue weighted by molar-refractivity contribution is 6.30. The molecule has 126 valence electrons. The van der Waals surface area contributed by atoms with Gasteiger partial charge in [-0.15, -0.1) is 0 Å². The first-order chi connectivity index (χ1) is 11.0. The molecular formula is C17H22ClNO4. The summed E-state index contributed by atoms with van der Waals surface area (Å²) in [4.78, 5) is 26.1. The Hall–Kier alpha value is -1.59. The summed E-state index contributed by atoms with van der Waals surface area (Å²) in [5.41, 5.74) is 0.546. The van der Waals surface area contributed by atoms with Crippen LogP contribution in [0, 0.1) is 5.92 Å². The second-order valence-corrected chi connectivity index (χ2v) is 6.21. The van der Waals surface area contributed by atoms with Crippen LogP contribution >= 0.6 is 11.6 Å². The number of carbonyl (C=O) groups is 2. The van der Waals surface area contributed by atoms with Crippen molar-refractivity contribution in [3.63, 3.8) is 0 Å². The number of nitrogens with zero attached hydrogens (tertiary/aromatic N) is 1. The molecular weight excluding hydrogens is 318 g/mol. The van der Waals surface area contributed by atoms with E-state index in [0.717, 1.165) is 19.4 Å². The van der Waals surface area contributed by atoms with Crippen LogP contribution in [0.3, 0.4) is 0 Å². The number of rotatable bonds is 6. The molecule has 1 saturated heterocycles. The summed E-state index contributed by atoms with van der Waals surface area (Å²) in [6.07, 6.45) is 1.95. The normalized spacial score (nSPS) is 18.5. The van der Waals surface area contributed by atoms with E-state index in [-0.39, 0.29) is 18.0 Å². The van der Waals surface area contributed by atoms with Crippen LogP contribution in [-0.2, 0) is 14.3 Å². The Labute approximate surface area is 141 Å². The van der Waals surface area contributed by atoms with Crippen molar-refractivity contribution in [2.24, 2.45) is 5.92 Å². The predicted molar refractivity (Wildman–Crippen MR) is 87.5 cm³/mol. The Morgan fingerprint density at radius 1 is 1.39 bits per heavy atom. The van der Waals surface area contributed by atoms with E-state index in [2.05, 4.69) is 0 Å². The lowest BCUT2D eigenvalue weighted by atomic mass is 10.1. The summed E-state index contributed by atoms with van der Waals surface area (Å²) in [5.74, 6) is -0.850. The minimum atomic E-state index is -0.391. The average molecular weight is 340 g/mol. The van der Waals surface area contributed by atoms with Gasteiger partial charge in [0, 0.05) is 30.3 Å². The van der Waals surface area contributed by atoms with E-state index >= 15 is 0 Å². The third-order valence-corrected chi connectivity index (χ3v) is 4.18. The number of methoxy groups -OCH3 is 1. The van der Waals surface area contributed by atoms with E-state index < -0.39 is 5.92 Å². The second-order valence-electron chi connectivity index (χ2n) is 5.78. The largest absolute Gasteiger partial charge is 0.469 e. The fourth-order valence-electron chi connectivity index (χ4n) is 2.66. The van der Waals surface area contributed by atoms with E-state index in [9.17, 15) is 9.59 Å². The summed E-state index contributed by atoms with van der Waals surface area (Å²) in [6.45, 7) is 3.25. The smallest absolute Gasteiger partial charge is 0.310 e. The second kappa shape index (κ2) is 8.31. The number of hydrogen-bond acceptors (Lipinski definition) is 4. The van der Waals surface area contributed by atoms with E-state index in [4.69, 9.17) is 21.1 Å². The fourth-order valence-corrected chi connectivity index (χ4v) is 2.78. The Morgan fingerprint density at radius 3 is 2.65 bits per heavy atom. The first kappa shape index (κ1) is 17.8. The summed E-state index contributed by atoms with van der Waals surface area (Å²) in [7, 11) is 1.35. The molecule has 6 heteroatoms. The van der Waals surface area contributed by atoms with Crippen LogP contribution in [0.4, 0.5) is 0 Å². The predicted octanol–water partition coefficient (Wildman–Crippen LogP) is 2.77. The van der Waals surface area contributed by atoms with Crippen LogP contribution in [0.25, 0.3) is 0 Å². The van der Waals surface area contributed by atoms with Crippen molar-refractivity contribution >= 4 is 23.5 Å². The van der Waals surface area contributed by atoms with Gasteiger partial charge in [0.2, 0.25) is 0 Å². The van der Waals surface area contributed by atoms with Gasteiger partial charge in [-0.3, -0.25) is 9.59 Å². The van der Waals surface area contributed by atoms with Crippen LogP contribution < -0.4 is 0 Å². The molecule has 0 bridgehead atoms. The zero-order valence-corrected chi connectivity index (χ0v) is 14.2. The van der Waals surface area contributed by atoms with Crippen molar-refractivity contribution in [3.05, 3.63) is 34.9 Å². The Kier molecular flexibility index (Phi) is 6.42. The molecule has 1 amide bonds. The molecule has 5 nitrogen and oxygen atoms in total. The minimum Gasteiger partial charge on any atom is -0.469 e. The fraction of sp³-hybridized carbons (Fsp3) is 0.529. The van der Waals surface area contributed by atoms with E-state index in [1.165, 1.54) is 7.11 Å². The van der Waals surface area contributed by atoms with Gasteiger partial charge in [0.25, 0.3) is 5.91 Å². The van der Waals surface area contributed by atoms with E-state index in [1.54, 1.807) is 36.1 Å². The summed E-state index contributed by atoms with van der Waals surface area (Å²) in [5, 5.41) is 0.579. The number of halogens is 1. The van der Waals surface area contributed by atoms with Crippen molar-refractivity contribution in [1.29, 1.82) is 0 Å². The summed E-state index contributed by atoms with van der Waals surface area (Å²) < 4.78 is 10.4. The van der Waals surface area contributed by atoms with Crippen LogP contribution in [0.2, 0.25) is 5.02 Å². The quantitative estimate of drug-likeness (QED) is 0.748. The molecule has 23 heavy (non-hydrogen) atoms. The SMILES string of the molecule is COC(=O)C(C)CN(CC1CCCO1)C(=O)c1ccc(Cl)cc1. The Bertz CT molecular complexity index is 540. The molecule has 1 aliphatic heterocycles. The highest BCUT2D eigenvalue weighted by Gasteiger charge is 2.27. The molecule has 0 radical (unpaired) electrons. The maximum Gasteiger partial charge on any atom is 0.310 e. The number of esters is 1. The zero-order valence-electron chi connectivity index (χ0n) is 13.5. The van der Waals surface area contributed by atoms with Crippen molar-refractivity contribution in [3.8, 4) is 0 Å². The molecule has 1 fully saturated rings. The van der Waals surface area contributed by atoms with Gasteiger partial charge in [0.1, 0.15) is 0 Å². The van der Waals surface area contributed by atoms with Gasteiger partial charge in [-0.05, 0) is 37.1 Å². The third kappa shape index (κ3) is 4.94. The first-order valence-electron chi connectivity index (χ1n) is 7.75. The van der Waals surface area contributed by atoms with Gasteiger partial charge in [-0.1, -0.05) is 18.5 Å². The van der Waals surface area contributed by atoms with Crippen molar-refractivity contribution < 1.29 is 19.1 Å². The lowest BCUT2D eigenvalue weighted by Crippen LogP contribution is -2.41. The molecule has 0 spiro atoms. The topological polar surface area (TPSA) is 55.8 Å². The average Bonchev–Trinajstić information content (AvgIpc) is 3.06. The molecule has 0 N–H and O–H groups in total. The van der Waals surface area contributed by atoms with Crippen LogP contribution in [0.5, 0.6) is 0 Å². The van der Waals surface area contributed by atoms with Crippen LogP contribution in [-0.4, -0.2) is 49.7 Å². The number of hydrogen-bond donors (Lipinski definition) is 0. The van der Waals surface area contributed by atoms with Crippen molar-refractivity contribution in [1.82, 2.24) is 4.90 Å². The van der Waals surface area contributed by atoms with Crippen molar-refractivity contribution in [2.75, 3.05) is 26.8 Å². The monoisotopic (exact) mass is 339 g/mol. The maximum absolute atomic E-state index is 12.8. The molecule has 2 atom stereocenters. The molecule has 1 heterocycles. The standard InChI is InChI=1S/C17H22ClNO4/c1-12(17(21)22-2)10-19(11-15-4-3-9-23-15)16(20)13-5-7-14(18)8-6-13/h5-8,12,15H,3-4,9-11H2,1-2H3. The summed E-state index contributed by atoms with van der Waals surface area (Å²) in [6, 6.07) is 6.75. The zero-order chi connectivity index (χ0) is 16.8. The highest BCUT2D eigenvalue weighted by Crippen LogP contribution is 2.18. The molecule has 0 aliphatic carbocycles. The molecule has 1 aliphatic rings. The Morgan fingerprint density at radius 2 is 2.09 bits per heavy atom. The number of ether oxygens (including phenoxy) is 2. The summed E-state index contributed by atoms with van der Waals surface area (Å²) >= 11 is 5.87. The van der Waals surface area contributed by atoms with Gasteiger partial charge in [0.15, 0.2) is 0 Å². The molecule has 1 aromatic rings. The maximum atomic E-state index is 12.8. The number of benzene rings is 1. The number of amides is 1. The Balaban J connectivity index is 2.12. The molecule has 2 unspecified atom stereocenters. The molecule has 2 rings (SSSR count). The van der Waals surface area contributed by atoms with Gasteiger partial charge in [-0.25, -0.2) is 0 Å². The van der Waals surface area contributed by atoms with Crippen molar-refractivity contribution in [2.45, 2.75) is 25.9 Å². The molecule has 1 aromatic carbocycles. The lowest BCUT2D eigenvalue weighted by molar-refractivity contribution is -0.145. The van der Waals surface area contributed by atoms with Crippen LogP contribution in [0.1, 0.15) is 30.1 Å². The first-order valence-corrected chi connectivity index (χ1v) is 8.13. The molecule has 0 aromatic heterocycles. The van der Waals surface area contributed by atoms with Gasteiger partial charge >= 0.3 is 5.97 Å². The third-order valence-electron chi connectivity index (χ3n) is 3.92. The van der Waals surface area contributed by atoms with E-state index in [1.807, 2.05) is 0 Å². The van der Waals surface area contributed by atoms with Crippen LogP contribution in [0.15, 0.2) is 24.3 Å². The number of carbonyl (C=O) groups excluding carboxylic acids is 2. The van der Waals surface area contributed by atoms with Gasteiger partial charge in [0.05, 0.1) is 19.1 Å². The lowest BCUT2D eigenvalue weighted by Gasteiger charge is -2.27.